The average Bonchev–Trinajstić information content (AvgIpc) is 2.50. The Hall–Kier alpha value is -2.48. The number of urea groups is 1. The molecule has 0 aliphatic heterocycles. The molecule has 25 heavy (non-hydrogen) atoms. The Kier molecular flexibility index (Phi) is 7.05. The van der Waals surface area contributed by atoms with Crippen molar-refractivity contribution in [1.82, 2.24) is 0 Å². The third-order valence-corrected chi connectivity index (χ3v) is 3.53. The molecule has 2 aromatic rings. The van der Waals surface area contributed by atoms with Crippen LogP contribution >= 0.6 is 35.6 Å². The first-order chi connectivity index (χ1) is 11.3. The number of guanidine groups is 1. The first kappa shape index (κ1) is 20.6. The Morgan fingerprint density at radius 1 is 0.960 bits per heavy atom. The maximum Gasteiger partial charge on any atom is 0.323 e. The fraction of sp³-hybridized carbons (Fsp3) is 0. The summed E-state index contributed by atoms with van der Waals surface area (Å²) in [6, 6.07) is 10.4. The van der Waals surface area contributed by atoms with Crippen molar-refractivity contribution in [2.75, 3.05) is 4.90 Å². The van der Waals surface area contributed by atoms with Crippen LogP contribution in [0.1, 0.15) is 10.4 Å². The van der Waals surface area contributed by atoms with E-state index in [9.17, 15) is 9.59 Å². The van der Waals surface area contributed by atoms with E-state index in [2.05, 4.69) is 4.99 Å². The summed E-state index contributed by atoms with van der Waals surface area (Å²) in [5.41, 5.74) is 16.5. The van der Waals surface area contributed by atoms with Crippen molar-refractivity contribution in [2.45, 2.75) is 0 Å². The number of nitrogens with zero attached hydrogens (tertiary/aromatic N) is 2. The monoisotopic (exact) mass is 401 g/mol. The zero-order valence-electron chi connectivity index (χ0n) is 12.6. The Labute approximate surface area is 159 Å². The van der Waals surface area contributed by atoms with E-state index in [4.69, 9.17) is 40.4 Å². The zero-order valence-corrected chi connectivity index (χ0v) is 15.0. The predicted octanol–water partition coefficient (Wildman–Crippen LogP) is 3.05. The van der Waals surface area contributed by atoms with Gasteiger partial charge in [-0.1, -0.05) is 41.4 Å². The third kappa shape index (κ3) is 4.76. The molecule has 0 fully saturated rings. The Morgan fingerprint density at radius 2 is 1.48 bits per heavy atom. The van der Waals surface area contributed by atoms with E-state index >= 15 is 0 Å². The summed E-state index contributed by atoms with van der Waals surface area (Å²) in [6.07, 6.45) is 0. The van der Waals surface area contributed by atoms with Gasteiger partial charge in [-0.25, -0.2) is 4.79 Å². The second-order valence-electron chi connectivity index (χ2n) is 4.64. The van der Waals surface area contributed by atoms with Crippen LogP contribution in [0.25, 0.3) is 0 Å². The molecule has 0 unspecified atom stereocenters. The summed E-state index contributed by atoms with van der Waals surface area (Å²) in [4.78, 5) is 28.3. The SMILES string of the molecule is Cl.NC(=O)N(c1ccccc1)c1c(Cl)cc(C(=O)N=C(N)N)cc1Cl. The number of nitrogens with two attached hydrogens (primary N) is 3. The van der Waals surface area contributed by atoms with Gasteiger partial charge in [0.15, 0.2) is 5.96 Å². The Bertz CT molecular complexity index is 800. The van der Waals surface area contributed by atoms with Crippen LogP contribution in [0.2, 0.25) is 10.0 Å². The number of para-hydroxylation sites is 1. The zero-order chi connectivity index (χ0) is 17.9. The first-order valence-corrected chi connectivity index (χ1v) is 7.34. The number of carbonyl (C=O) groups excluding carboxylic acids is 2. The normalized spacial score (nSPS) is 9.68. The fourth-order valence-electron chi connectivity index (χ4n) is 2.03. The second kappa shape index (κ2) is 8.57. The minimum absolute atomic E-state index is 0. The predicted molar refractivity (Wildman–Crippen MR) is 102 cm³/mol. The molecule has 7 nitrogen and oxygen atoms in total. The molecule has 0 aliphatic rings. The van der Waals surface area contributed by atoms with Gasteiger partial charge >= 0.3 is 6.03 Å². The van der Waals surface area contributed by atoms with Crippen molar-refractivity contribution in [2.24, 2.45) is 22.2 Å². The number of aliphatic imine (C=N–C) groups is 1. The molecule has 0 atom stereocenters. The summed E-state index contributed by atoms with van der Waals surface area (Å²) in [6.45, 7) is 0. The van der Waals surface area contributed by atoms with Crippen molar-refractivity contribution in [3.8, 4) is 0 Å². The number of hydrogen-bond acceptors (Lipinski definition) is 2. The van der Waals surface area contributed by atoms with E-state index in [0.29, 0.717) is 5.69 Å². The summed E-state index contributed by atoms with van der Waals surface area (Å²) >= 11 is 12.4. The van der Waals surface area contributed by atoms with Crippen molar-refractivity contribution in [3.63, 3.8) is 0 Å². The number of halogens is 3. The van der Waals surface area contributed by atoms with Crippen molar-refractivity contribution >= 4 is 64.9 Å². The number of rotatable bonds is 3. The minimum atomic E-state index is -0.784. The number of primary amides is 1. The molecule has 2 rings (SSSR count). The quantitative estimate of drug-likeness (QED) is 0.538. The van der Waals surface area contributed by atoms with Gasteiger partial charge in [-0.15, -0.1) is 12.4 Å². The van der Waals surface area contributed by atoms with Gasteiger partial charge in [-0.2, -0.15) is 4.99 Å². The van der Waals surface area contributed by atoms with Gasteiger partial charge in [0.2, 0.25) is 0 Å². The molecule has 0 aromatic heterocycles. The van der Waals surface area contributed by atoms with Gasteiger partial charge < -0.3 is 17.2 Å². The van der Waals surface area contributed by atoms with Crippen LogP contribution in [-0.4, -0.2) is 17.9 Å². The van der Waals surface area contributed by atoms with Gasteiger partial charge in [0.05, 0.1) is 21.4 Å². The molecular formula is C15H14Cl3N5O2. The number of hydrogen-bond donors (Lipinski definition) is 3. The third-order valence-electron chi connectivity index (χ3n) is 2.95. The van der Waals surface area contributed by atoms with Crippen LogP contribution in [0.5, 0.6) is 0 Å². The minimum Gasteiger partial charge on any atom is -0.370 e. The van der Waals surface area contributed by atoms with Crippen LogP contribution in [0.4, 0.5) is 16.2 Å². The van der Waals surface area contributed by atoms with Crippen molar-refractivity contribution in [3.05, 3.63) is 58.1 Å². The van der Waals surface area contributed by atoms with E-state index in [-0.39, 0.29) is 39.7 Å². The lowest BCUT2D eigenvalue weighted by atomic mass is 10.1. The molecule has 0 saturated heterocycles. The molecule has 0 aliphatic carbocycles. The van der Waals surface area contributed by atoms with E-state index in [1.807, 2.05) is 0 Å². The smallest absolute Gasteiger partial charge is 0.323 e. The van der Waals surface area contributed by atoms with Crippen molar-refractivity contribution in [1.29, 1.82) is 0 Å². The molecule has 10 heteroatoms. The summed E-state index contributed by atoms with van der Waals surface area (Å²) in [7, 11) is 0. The maximum atomic E-state index is 11.9. The highest BCUT2D eigenvalue weighted by atomic mass is 35.5. The fourth-order valence-corrected chi connectivity index (χ4v) is 2.68. The Morgan fingerprint density at radius 3 is 1.92 bits per heavy atom. The van der Waals surface area contributed by atoms with E-state index in [1.165, 1.54) is 12.1 Å². The van der Waals surface area contributed by atoms with E-state index in [0.717, 1.165) is 4.90 Å². The standard InChI is InChI=1S/C15H13Cl2N5O2.ClH/c16-10-6-8(13(23)21-14(18)19)7-11(17)12(10)22(15(20)24)9-4-2-1-3-5-9;/h1-7H,(H2,20,24)(H4,18,19,21,23);1H. The first-order valence-electron chi connectivity index (χ1n) is 6.59. The highest BCUT2D eigenvalue weighted by Gasteiger charge is 2.23. The number of anilines is 2. The lowest BCUT2D eigenvalue weighted by Crippen LogP contribution is -2.32. The van der Waals surface area contributed by atoms with Gasteiger partial charge in [0.25, 0.3) is 5.91 Å². The van der Waals surface area contributed by atoms with Crippen LogP contribution in [0, 0.1) is 0 Å². The van der Waals surface area contributed by atoms with Crippen LogP contribution in [-0.2, 0) is 0 Å². The Balaban J connectivity index is 0.00000312. The molecule has 2 aromatic carbocycles. The molecular weight excluding hydrogens is 389 g/mol. The lowest BCUT2D eigenvalue weighted by molar-refractivity contribution is 0.100. The summed E-state index contributed by atoms with van der Waals surface area (Å²) in [5, 5.41) is 0.0820. The molecule has 3 amide bonds. The van der Waals surface area contributed by atoms with Crippen LogP contribution in [0.3, 0.4) is 0 Å². The molecule has 132 valence electrons. The van der Waals surface area contributed by atoms with Gasteiger partial charge in [0.1, 0.15) is 0 Å². The van der Waals surface area contributed by atoms with Crippen LogP contribution in [0.15, 0.2) is 47.5 Å². The summed E-state index contributed by atoms with van der Waals surface area (Å²) < 4.78 is 0. The van der Waals surface area contributed by atoms with E-state index < -0.39 is 11.9 Å². The molecule has 6 N–H and O–H groups in total. The maximum absolute atomic E-state index is 11.9. The molecule has 0 saturated carbocycles. The topological polar surface area (TPSA) is 128 Å². The highest BCUT2D eigenvalue weighted by Crippen LogP contribution is 2.39. The average molecular weight is 403 g/mol. The van der Waals surface area contributed by atoms with Gasteiger partial charge in [-0.05, 0) is 24.3 Å². The number of benzene rings is 2. The lowest BCUT2D eigenvalue weighted by Gasteiger charge is -2.23. The number of carbonyl (C=O) groups is 2. The second-order valence-corrected chi connectivity index (χ2v) is 5.45. The summed E-state index contributed by atoms with van der Waals surface area (Å²) in [5.74, 6) is -1.10. The van der Waals surface area contributed by atoms with Gasteiger partial charge in [-0.3, -0.25) is 9.69 Å². The molecule has 0 spiro atoms. The molecule has 0 heterocycles. The van der Waals surface area contributed by atoms with Crippen molar-refractivity contribution < 1.29 is 9.59 Å². The molecule has 0 bridgehead atoms. The number of amides is 3. The highest BCUT2D eigenvalue weighted by molar-refractivity contribution is 6.41. The van der Waals surface area contributed by atoms with Gasteiger partial charge in [0, 0.05) is 5.56 Å². The largest absolute Gasteiger partial charge is 0.370 e. The molecule has 0 radical (unpaired) electrons. The van der Waals surface area contributed by atoms with E-state index in [1.54, 1.807) is 30.3 Å². The van der Waals surface area contributed by atoms with Crippen LogP contribution < -0.4 is 22.1 Å².